The quantitative estimate of drug-likeness (QED) is 0.0397. The lowest BCUT2D eigenvalue weighted by atomic mass is 10.1. The highest BCUT2D eigenvalue weighted by Crippen LogP contribution is 2.12. The van der Waals surface area contributed by atoms with Crippen LogP contribution in [0.1, 0.15) is 168 Å². The van der Waals surface area contributed by atoms with Crippen LogP contribution in [0.4, 0.5) is 0 Å². The molecule has 0 aliphatic heterocycles. The summed E-state index contributed by atoms with van der Waals surface area (Å²) in [7, 11) is 0. The Hall–Kier alpha value is -2.69. The van der Waals surface area contributed by atoms with E-state index >= 15 is 0 Å². The van der Waals surface area contributed by atoms with Gasteiger partial charge in [-0.3, -0.25) is 4.79 Å². The zero-order chi connectivity index (χ0) is 37.0. The van der Waals surface area contributed by atoms with Crippen LogP contribution < -0.4 is 0 Å². The summed E-state index contributed by atoms with van der Waals surface area (Å²) in [4.78, 5) is 12.1. The minimum atomic E-state index is -0.557. The van der Waals surface area contributed by atoms with Crippen molar-refractivity contribution in [2.75, 3.05) is 19.8 Å². The highest BCUT2D eigenvalue weighted by molar-refractivity contribution is 5.69. The Kier molecular flexibility index (Phi) is 41.2. The first kappa shape index (κ1) is 48.3. The Morgan fingerprint density at radius 2 is 0.824 bits per heavy atom. The lowest BCUT2D eigenvalue weighted by Crippen LogP contribution is -2.27. The molecule has 0 aliphatic carbocycles. The second-order valence-corrected chi connectivity index (χ2v) is 13.3. The van der Waals surface area contributed by atoms with Crippen molar-refractivity contribution in [1.29, 1.82) is 0 Å². The zero-order valence-electron chi connectivity index (χ0n) is 33.1. The number of aliphatic hydroxyl groups excluding tert-OH is 1. The molecule has 0 rings (SSSR count). The van der Waals surface area contributed by atoms with Crippen molar-refractivity contribution in [3.8, 4) is 0 Å². The van der Waals surface area contributed by atoms with Gasteiger partial charge in [-0.25, -0.2) is 0 Å². The standard InChI is InChI=1S/C47H78O4/c1-3-5-7-9-11-13-15-17-18-19-20-21-22-23-24-25-26-27-28-29-31-33-35-37-39-41-43-50-45-46(44-48)51-47(49)42-40-38-36-34-32-30-16-14-12-10-8-6-4-2/h5-8,11-14,17-18,20-21,23-24,30,32,46,48H,3-4,9-10,15-16,19,22,25-29,31,33-45H2,1-2H3/b7-5-,8-6-,13-11-,14-12-,18-17-,21-20-,24-23-,32-30-. The SMILES string of the molecule is CC/C=C\C/C=C\C/C=C\C/C=C\C/C=C\CCCCCCCCCCCCOCC(CO)OC(=O)CCCCC/C=C\C/C=C\C/C=C\CC. The van der Waals surface area contributed by atoms with E-state index < -0.39 is 6.10 Å². The maximum Gasteiger partial charge on any atom is 0.306 e. The first-order chi connectivity index (χ1) is 25.2. The summed E-state index contributed by atoms with van der Waals surface area (Å²) < 4.78 is 11.1. The van der Waals surface area contributed by atoms with Gasteiger partial charge >= 0.3 is 5.97 Å². The van der Waals surface area contributed by atoms with Gasteiger partial charge in [0.1, 0.15) is 6.10 Å². The van der Waals surface area contributed by atoms with Crippen LogP contribution >= 0.6 is 0 Å². The third-order valence-corrected chi connectivity index (χ3v) is 8.40. The maximum atomic E-state index is 12.1. The van der Waals surface area contributed by atoms with Gasteiger partial charge in [-0.05, 0) is 89.9 Å². The number of unbranched alkanes of at least 4 members (excludes halogenated alkanes) is 13. The van der Waals surface area contributed by atoms with E-state index in [1.165, 1.54) is 64.2 Å². The van der Waals surface area contributed by atoms with Crippen molar-refractivity contribution in [3.63, 3.8) is 0 Å². The monoisotopic (exact) mass is 707 g/mol. The Morgan fingerprint density at radius 1 is 0.471 bits per heavy atom. The molecule has 0 saturated heterocycles. The van der Waals surface area contributed by atoms with Gasteiger partial charge in [0.05, 0.1) is 13.2 Å². The van der Waals surface area contributed by atoms with Crippen molar-refractivity contribution >= 4 is 5.97 Å². The Bertz CT molecular complexity index is 965. The molecule has 0 radical (unpaired) electrons. The van der Waals surface area contributed by atoms with E-state index in [-0.39, 0.29) is 19.2 Å². The van der Waals surface area contributed by atoms with Gasteiger partial charge in [0.2, 0.25) is 0 Å². The van der Waals surface area contributed by atoms with Gasteiger partial charge in [-0.2, -0.15) is 0 Å². The van der Waals surface area contributed by atoms with Crippen LogP contribution in [0.5, 0.6) is 0 Å². The minimum absolute atomic E-state index is 0.191. The van der Waals surface area contributed by atoms with Gasteiger partial charge in [-0.15, -0.1) is 0 Å². The number of allylic oxidation sites excluding steroid dienone is 16. The fourth-order valence-corrected chi connectivity index (χ4v) is 5.37. The molecule has 0 fully saturated rings. The average Bonchev–Trinajstić information content (AvgIpc) is 3.14. The number of esters is 1. The summed E-state index contributed by atoms with van der Waals surface area (Å²) in [6.45, 7) is 5.06. The summed E-state index contributed by atoms with van der Waals surface area (Å²) in [5.74, 6) is -0.235. The molecule has 1 N–H and O–H groups in total. The van der Waals surface area contributed by atoms with Crippen molar-refractivity contribution in [2.24, 2.45) is 0 Å². The second kappa shape index (κ2) is 43.5. The molecule has 0 spiro atoms. The highest BCUT2D eigenvalue weighted by atomic mass is 16.6. The number of carbonyl (C=O) groups excluding carboxylic acids is 1. The predicted molar refractivity (Wildman–Crippen MR) is 223 cm³/mol. The summed E-state index contributed by atoms with van der Waals surface area (Å²) in [5, 5.41) is 9.58. The summed E-state index contributed by atoms with van der Waals surface area (Å²) in [6, 6.07) is 0. The molecule has 4 heteroatoms. The van der Waals surface area contributed by atoms with Crippen LogP contribution in [0.3, 0.4) is 0 Å². The highest BCUT2D eigenvalue weighted by Gasteiger charge is 2.13. The van der Waals surface area contributed by atoms with E-state index in [2.05, 4.69) is 111 Å². The van der Waals surface area contributed by atoms with Crippen molar-refractivity contribution in [2.45, 2.75) is 174 Å². The molecule has 0 aromatic heterocycles. The number of hydrogen-bond acceptors (Lipinski definition) is 4. The van der Waals surface area contributed by atoms with Gasteiger partial charge in [-0.1, -0.05) is 169 Å². The van der Waals surface area contributed by atoms with E-state index in [0.717, 1.165) is 83.5 Å². The smallest absolute Gasteiger partial charge is 0.306 e. The molecular formula is C47H78O4. The molecule has 0 aromatic rings. The molecule has 1 atom stereocenters. The molecular weight excluding hydrogens is 629 g/mol. The van der Waals surface area contributed by atoms with Crippen LogP contribution in [-0.2, 0) is 14.3 Å². The molecule has 0 bridgehead atoms. The molecule has 4 nitrogen and oxygen atoms in total. The van der Waals surface area contributed by atoms with Crippen LogP contribution in [0.25, 0.3) is 0 Å². The predicted octanol–water partition coefficient (Wildman–Crippen LogP) is 13.8. The summed E-state index contributed by atoms with van der Waals surface area (Å²) in [6.07, 6.45) is 61.8. The normalized spacial score (nSPS) is 13.4. The van der Waals surface area contributed by atoms with Gasteiger partial charge < -0.3 is 14.6 Å². The van der Waals surface area contributed by atoms with Crippen molar-refractivity contribution in [3.05, 3.63) is 97.2 Å². The van der Waals surface area contributed by atoms with Crippen LogP contribution in [0.2, 0.25) is 0 Å². The maximum absolute atomic E-state index is 12.1. The molecule has 1 unspecified atom stereocenters. The first-order valence-corrected chi connectivity index (χ1v) is 20.8. The molecule has 0 aromatic carbocycles. The largest absolute Gasteiger partial charge is 0.457 e. The minimum Gasteiger partial charge on any atom is -0.457 e. The Labute approximate surface area is 315 Å². The van der Waals surface area contributed by atoms with Crippen LogP contribution in [-0.4, -0.2) is 37.0 Å². The number of hydrogen-bond donors (Lipinski definition) is 1. The second-order valence-electron chi connectivity index (χ2n) is 13.3. The zero-order valence-corrected chi connectivity index (χ0v) is 33.1. The van der Waals surface area contributed by atoms with Crippen molar-refractivity contribution in [1.82, 2.24) is 0 Å². The fraction of sp³-hybridized carbons (Fsp3) is 0.638. The number of aliphatic hydroxyl groups is 1. The lowest BCUT2D eigenvalue weighted by molar-refractivity contribution is -0.154. The van der Waals surface area contributed by atoms with E-state index in [0.29, 0.717) is 13.0 Å². The lowest BCUT2D eigenvalue weighted by Gasteiger charge is -2.15. The Morgan fingerprint density at radius 3 is 1.24 bits per heavy atom. The first-order valence-electron chi connectivity index (χ1n) is 20.8. The Balaban J connectivity index is 3.50. The number of carbonyl (C=O) groups is 1. The fourth-order valence-electron chi connectivity index (χ4n) is 5.37. The van der Waals surface area contributed by atoms with E-state index in [4.69, 9.17) is 9.47 Å². The van der Waals surface area contributed by atoms with E-state index in [1.807, 2.05) is 0 Å². The van der Waals surface area contributed by atoms with Crippen LogP contribution in [0, 0.1) is 0 Å². The molecule has 0 heterocycles. The van der Waals surface area contributed by atoms with Crippen molar-refractivity contribution < 1.29 is 19.4 Å². The topological polar surface area (TPSA) is 55.8 Å². The van der Waals surface area contributed by atoms with Crippen LogP contribution in [0.15, 0.2) is 97.2 Å². The molecule has 290 valence electrons. The van der Waals surface area contributed by atoms with Gasteiger partial charge in [0.15, 0.2) is 0 Å². The van der Waals surface area contributed by atoms with E-state index in [9.17, 15) is 9.90 Å². The summed E-state index contributed by atoms with van der Waals surface area (Å²) >= 11 is 0. The summed E-state index contributed by atoms with van der Waals surface area (Å²) in [5.41, 5.74) is 0. The number of ether oxygens (including phenoxy) is 2. The average molecular weight is 707 g/mol. The molecule has 51 heavy (non-hydrogen) atoms. The van der Waals surface area contributed by atoms with Gasteiger partial charge in [0.25, 0.3) is 0 Å². The van der Waals surface area contributed by atoms with Gasteiger partial charge in [0, 0.05) is 13.0 Å². The third kappa shape index (κ3) is 41.6. The number of rotatable bonds is 37. The van der Waals surface area contributed by atoms with E-state index in [1.54, 1.807) is 0 Å². The third-order valence-electron chi connectivity index (χ3n) is 8.40. The molecule has 0 saturated carbocycles. The molecule has 0 aliphatic rings. The molecule has 0 amide bonds.